The Kier molecular flexibility index (Phi) is 21.1. The molecule has 1 aromatic carbocycles. The number of nitrogens with one attached hydrogen (secondary N) is 9. The first-order valence-corrected chi connectivity index (χ1v) is 21.3. The Morgan fingerprint density at radius 3 is 2.13 bits per heavy atom. The first-order chi connectivity index (χ1) is 28.6. The van der Waals surface area contributed by atoms with Crippen LogP contribution in [-0.4, -0.2) is 120 Å². The highest BCUT2D eigenvalue weighted by atomic mass is 32.2. The van der Waals surface area contributed by atoms with E-state index in [1.807, 2.05) is 25.6 Å². The summed E-state index contributed by atoms with van der Waals surface area (Å²) in [6.45, 7) is 2.54. The molecule has 332 valence electrons. The molecule has 0 radical (unpaired) electrons. The number of unbranched alkanes of at least 4 members (excludes halogenated alkanes) is 2. The molecule has 2 fully saturated rings. The van der Waals surface area contributed by atoms with E-state index in [0.29, 0.717) is 37.5 Å². The number of hydroxylamine groups is 1. The largest absolute Gasteiger partial charge is 0.368 e. The second kappa shape index (κ2) is 25.9. The van der Waals surface area contributed by atoms with Crippen LogP contribution in [0.15, 0.2) is 30.3 Å². The summed E-state index contributed by atoms with van der Waals surface area (Å²) in [5.41, 5.74) is 7.70. The van der Waals surface area contributed by atoms with Crippen molar-refractivity contribution in [2.45, 2.75) is 107 Å². The first kappa shape index (κ1) is 48.9. The van der Waals surface area contributed by atoms with Gasteiger partial charge in [-0.15, -0.1) is 0 Å². The predicted molar refractivity (Wildman–Crippen MR) is 221 cm³/mol. The van der Waals surface area contributed by atoms with E-state index in [-0.39, 0.29) is 49.2 Å². The fourth-order valence-corrected chi connectivity index (χ4v) is 8.38. The summed E-state index contributed by atoms with van der Waals surface area (Å²) in [4.78, 5) is 111. The van der Waals surface area contributed by atoms with Crippen LogP contribution in [0, 0.1) is 11.8 Å². The number of hydrogen-bond donors (Lipinski definition) is 11. The molecule has 0 saturated carbocycles. The van der Waals surface area contributed by atoms with Gasteiger partial charge in [0, 0.05) is 42.7 Å². The van der Waals surface area contributed by atoms with Gasteiger partial charge in [-0.3, -0.25) is 43.6 Å². The number of amides is 10. The van der Waals surface area contributed by atoms with Crippen molar-refractivity contribution >= 4 is 65.1 Å². The molecular weight excluding hydrogens is 801 g/mol. The molecule has 60 heavy (non-hydrogen) atoms. The molecule has 21 heteroatoms. The molecule has 6 atom stereocenters. The van der Waals surface area contributed by atoms with E-state index in [9.17, 15) is 43.2 Å². The Morgan fingerprint density at radius 1 is 0.783 bits per heavy atom. The topological polar surface area (TPSA) is 308 Å². The number of hydrogen-bond acceptors (Lipinski definition) is 11. The summed E-state index contributed by atoms with van der Waals surface area (Å²) in [6.07, 6.45) is 4.23. The number of benzene rings is 1. The maximum absolute atomic E-state index is 13.2. The third-order valence-corrected chi connectivity index (χ3v) is 11.4. The summed E-state index contributed by atoms with van der Waals surface area (Å²) < 4.78 is 0. The number of fused-ring (bicyclic) bond motifs is 1. The molecular formula is C39H60N10O10S. The van der Waals surface area contributed by atoms with Crippen LogP contribution < -0.4 is 53.7 Å². The minimum atomic E-state index is -1.12. The Hall–Kier alpha value is -5.44. The molecule has 3 rings (SSSR count). The van der Waals surface area contributed by atoms with Crippen LogP contribution in [0.1, 0.15) is 77.2 Å². The lowest BCUT2D eigenvalue weighted by Gasteiger charge is -2.23. The Bertz CT molecular complexity index is 1650. The first-order valence-electron chi connectivity index (χ1n) is 20.3. The highest BCUT2D eigenvalue weighted by Gasteiger charge is 2.42. The van der Waals surface area contributed by atoms with Gasteiger partial charge in [0.05, 0.1) is 31.7 Å². The van der Waals surface area contributed by atoms with Gasteiger partial charge in [0.2, 0.25) is 47.3 Å². The zero-order valence-electron chi connectivity index (χ0n) is 34.1. The average molecular weight is 861 g/mol. The quantitative estimate of drug-likeness (QED) is 0.0212. The molecule has 0 spiro atoms. The van der Waals surface area contributed by atoms with Crippen LogP contribution in [-0.2, 0) is 44.8 Å². The number of primary amides is 1. The van der Waals surface area contributed by atoms with E-state index in [4.69, 9.17) is 10.9 Å². The lowest BCUT2D eigenvalue weighted by molar-refractivity contribution is -0.136. The second-order valence-corrected chi connectivity index (χ2v) is 16.6. The lowest BCUT2D eigenvalue weighted by Crippen LogP contribution is -2.52. The van der Waals surface area contributed by atoms with E-state index in [1.54, 1.807) is 30.3 Å². The molecule has 20 nitrogen and oxygen atoms in total. The molecule has 2 heterocycles. The van der Waals surface area contributed by atoms with Crippen molar-refractivity contribution in [3.05, 3.63) is 35.9 Å². The fourth-order valence-electron chi connectivity index (χ4n) is 6.84. The maximum atomic E-state index is 13.2. The Morgan fingerprint density at radius 2 is 1.47 bits per heavy atom. The average Bonchev–Trinajstić information content (AvgIpc) is 3.77. The molecule has 0 aromatic heterocycles. The van der Waals surface area contributed by atoms with E-state index in [1.165, 1.54) is 5.48 Å². The molecule has 2 aliphatic rings. The molecule has 0 aliphatic carbocycles. The summed E-state index contributed by atoms with van der Waals surface area (Å²) in [5.74, 6) is -4.91. The van der Waals surface area contributed by atoms with Gasteiger partial charge in [-0.25, -0.2) is 10.3 Å². The molecule has 1 unspecified atom stereocenters. The van der Waals surface area contributed by atoms with Crippen LogP contribution >= 0.6 is 11.8 Å². The van der Waals surface area contributed by atoms with E-state index < -0.39 is 79.0 Å². The van der Waals surface area contributed by atoms with Gasteiger partial charge in [0.1, 0.15) is 12.1 Å². The van der Waals surface area contributed by atoms with Gasteiger partial charge in [-0.05, 0) is 50.0 Å². The molecule has 12 N–H and O–H groups in total. The second-order valence-electron chi connectivity index (χ2n) is 15.3. The molecule has 0 bridgehead atoms. The van der Waals surface area contributed by atoms with Gasteiger partial charge in [0.15, 0.2) is 0 Å². The Balaban J connectivity index is 1.31. The fraction of sp³-hybridized carbons (Fsp3) is 0.615. The van der Waals surface area contributed by atoms with Crippen LogP contribution in [0.3, 0.4) is 0 Å². The van der Waals surface area contributed by atoms with Gasteiger partial charge in [0.25, 0.3) is 0 Å². The SMILES string of the molecule is CC(C)CC(CC(=O)NO)C(=O)N[C@@H](Cc1ccccc1)C(=O)NCC(=O)NCC(=O)NCC(=O)N[C@@H](CCCCNC(=O)CCCC[C@@H]1SC[C@@H]2NC(=O)N[C@@H]21)C(N)=O. The van der Waals surface area contributed by atoms with Crippen LogP contribution in [0.5, 0.6) is 0 Å². The standard InChI is InChI=1S/C39H60N10O10S/c1-23(2)16-25(18-31(51)49-59)37(56)46-27(17-24-10-4-3-5-11-24)38(57)44-20-33(53)42-19-32(52)43-21-34(54)45-26(36(40)55)12-8-9-15-41-30(50)14-7-6-13-29-35-28(22-60-29)47-39(58)48-35/h3-5,10-11,23,25-29,35,59H,6-9,12-22H2,1-2H3,(H2,40,55)(H,41,50)(H,42,53)(H,43,52)(H,44,57)(H,45,54)(H,46,56)(H,49,51)(H2,47,48,58)/t25?,26-,27-,28-,29-,35-/m0/s1. The van der Waals surface area contributed by atoms with Crippen molar-refractivity contribution < 1.29 is 48.4 Å². The van der Waals surface area contributed by atoms with Crippen molar-refractivity contribution in [2.75, 3.05) is 31.9 Å². The number of carbonyl (C=O) groups excluding carboxylic acids is 9. The molecule has 10 amide bonds. The lowest BCUT2D eigenvalue weighted by atomic mass is 9.92. The van der Waals surface area contributed by atoms with Crippen molar-refractivity contribution in [2.24, 2.45) is 17.6 Å². The predicted octanol–water partition coefficient (Wildman–Crippen LogP) is -1.40. The zero-order chi connectivity index (χ0) is 44.0. The van der Waals surface area contributed by atoms with E-state index in [0.717, 1.165) is 30.6 Å². The van der Waals surface area contributed by atoms with E-state index in [2.05, 4.69) is 42.5 Å². The summed E-state index contributed by atoms with van der Waals surface area (Å²) in [7, 11) is 0. The van der Waals surface area contributed by atoms with Crippen molar-refractivity contribution in [3.8, 4) is 0 Å². The van der Waals surface area contributed by atoms with Crippen LogP contribution in [0.25, 0.3) is 0 Å². The third kappa shape index (κ3) is 18.2. The molecule has 2 saturated heterocycles. The summed E-state index contributed by atoms with van der Waals surface area (Å²) >= 11 is 1.84. The van der Waals surface area contributed by atoms with Crippen LogP contribution in [0.2, 0.25) is 0 Å². The van der Waals surface area contributed by atoms with Crippen molar-refractivity contribution in [1.29, 1.82) is 0 Å². The normalized spacial score (nSPS) is 18.1. The third-order valence-electron chi connectivity index (χ3n) is 9.92. The van der Waals surface area contributed by atoms with Crippen molar-refractivity contribution in [3.63, 3.8) is 0 Å². The van der Waals surface area contributed by atoms with Gasteiger partial charge in [-0.2, -0.15) is 11.8 Å². The number of thioether (sulfide) groups is 1. The van der Waals surface area contributed by atoms with Gasteiger partial charge in [-0.1, -0.05) is 50.6 Å². The van der Waals surface area contributed by atoms with E-state index >= 15 is 0 Å². The minimum absolute atomic E-state index is 0.0276. The highest BCUT2D eigenvalue weighted by molar-refractivity contribution is 8.00. The number of urea groups is 1. The van der Waals surface area contributed by atoms with Crippen LogP contribution in [0.4, 0.5) is 4.79 Å². The smallest absolute Gasteiger partial charge is 0.315 e. The number of rotatable bonds is 27. The zero-order valence-corrected chi connectivity index (χ0v) is 35.0. The maximum Gasteiger partial charge on any atom is 0.315 e. The number of nitrogens with two attached hydrogens (primary N) is 1. The summed E-state index contributed by atoms with van der Waals surface area (Å²) in [5, 5.41) is 30.3. The van der Waals surface area contributed by atoms with Gasteiger partial charge < -0.3 is 48.3 Å². The molecule has 1 aromatic rings. The number of carbonyl (C=O) groups is 9. The monoisotopic (exact) mass is 860 g/mol. The van der Waals surface area contributed by atoms with Gasteiger partial charge >= 0.3 is 6.03 Å². The Labute approximate surface area is 353 Å². The highest BCUT2D eigenvalue weighted by Crippen LogP contribution is 2.33. The van der Waals surface area contributed by atoms with Crippen molar-refractivity contribution in [1.82, 2.24) is 48.0 Å². The molecule has 2 aliphatic heterocycles. The summed E-state index contributed by atoms with van der Waals surface area (Å²) in [6, 6.07) is 6.90. The minimum Gasteiger partial charge on any atom is -0.368 e.